The number of carbonyl (C=O) groups is 1. The number of hydrogen-bond acceptors (Lipinski definition) is 4. The standard InChI is InChI=1S/C13H19ClN4O/c1-13(2)12(19)16-6-7-18(13)8-10-9(14)4-5-11(15-3)17-10/h4-5H,6-8H2,1-3H3,(H,15,17)(H,16,19). The van der Waals surface area contributed by atoms with Crippen molar-refractivity contribution in [2.45, 2.75) is 25.9 Å². The van der Waals surface area contributed by atoms with Gasteiger partial charge in [0.25, 0.3) is 0 Å². The molecule has 104 valence electrons. The Balaban J connectivity index is 2.22. The molecule has 19 heavy (non-hydrogen) atoms. The van der Waals surface area contributed by atoms with Crippen LogP contribution in [0.2, 0.25) is 5.02 Å². The average Bonchev–Trinajstić information content (AvgIpc) is 2.38. The lowest BCUT2D eigenvalue weighted by Gasteiger charge is -2.41. The van der Waals surface area contributed by atoms with Crippen molar-refractivity contribution in [3.8, 4) is 0 Å². The van der Waals surface area contributed by atoms with Gasteiger partial charge in [-0.05, 0) is 26.0 Å². The van der Waals surface area contributed by atoms with Gasteiger partial charge in [0.05, 0.1) is 16.3 Å². The topological polar surface area (TPSA) is 57.3 Å². The first-order valence-corrected chi connectivity index (χ1v) is 6.69. The van der Waals surface area contributed by atoms with Gasteiger partial charge in [-0.2, -0.15) is 0 Å². The number of halogens is 1. The number of anilines is 1. The van der Waals surface area contributed by atoms with Crippen LogP contribution in [0.5, 0.6) is 0 Å². The van der Waals surface area contributed by atoms with Crippen molar-refractivity contribution in [1.29, 1.82) is 0 Å². The number of hydrogen-bond donors (Lipinski definition) is 2. The van der Waals surface area contributed by atoms with Crippen LogP contribution in [0.4, 0.5) is 5.82 Å². The van der Waals surface area contributed by atoms with Gasteiger partial charge in [-0.1, -0.05) is 11.6 Å². The summed E-state index contributed by atoms with van der Waals surface area (Å²) in [6.07, 6.45) is 0. The van der Waals surface area contributed by atoms with Gasteiger partial charge in [0.1, 0.15) is 5.82 Å². The van der Waals surface area contributed by atoms with E-state index in [0.29, 0.717) is 18.1 Å². The lowest BCUT2D eigenvalue weighted by Crippen LogP contribution is -2.61. The predicted molar refractivity (Wildman–Crippen MR) is 76.3 cm³/mol. The maximum Gasteiger partial charge on any atom is 0.240 e. The minimum absolute atomic E-state index is 0.0413. The maximum atomic E-state index is 11.9. The molecule has 0 unspecified atom stereocenters. The third-order valence-electron chi connectivity index (χ3n) is 3.53. The number of piperazine rings is 1. The van der Waals surface area contributed by atoms with E-state index in [9.17, 15) is 4.79 Å². The summed E-state index contributed by atoms with van der Waals surface area (Å²) in [5.41, 5.74) is 0.245. The monoisotopic (exact) mass is 282 g/mol. The predicted octanol–water partition coefficient (Wildman–Crippen LogP) is 1.49. The van der Waals surface area contributed by atoms with Crippen LogP contribution >= 0.6 is 11.6 Å². The first-order chi connectivity index (χ1) is 8.95. The summed E-state index contributed by atoms with van der Waals surface area (Å²) in [4.78, 5) is 18.5. The summed E-state index contributed by atoms with van der Waals surface area (Å²) in [7, 11) is 1.82. The molecular weight excluding hydrogens is 264 g/mol. The van der Waals surface area contributed by atoms with Crippen LogP contribution in [-0.4, -0.2) is 41.5 Å². The van der Waals surface area contributed by atoms with Crippen molar-refractivity contribution < 1.29 is 4.79 Å². The zero-order valence-corrected chi connectivity index (χ0v) is 12.2. The fraction of sp³-hybridized carbons (Fsp3) is 0.538. The Labute approximate surface area is 118 Å². The van der Waals surface area contributed by atoms with E-state index in [1.54, 1.807) is 0 Å². The van der Waals surface area contributed by atoms with E-state index in [0.717, 1.165) is 18.1 Å². The van der Waals surface area contributed by atoms with E-state index in [4.69, 9.17) is 11.6 Å². The Morgan fingerprint density at radius 3 is 2.95 bits per heavy atom. The SMILES string of the molecule is CNc1ccc(Cl)c(CN2CCNC(=O)C2(C)C)n1. The minimum atomic E-state index is -0.543. The molecule has 0 saturated carbocycles. The molecule has 0 aliphatic carbocycles. The molecule has 1 aliphatic heterocycles. The largest absolute Gasteiger partial charge is 0.373 e. The molecule has 1 amide bonds. The second kappa shape index (κ2) is 5.35. The second-order valence-corrected chi connectivity index (χ2v) is 5.52. The Kier molecular flexibility index (Phi) is 3.96. The van der Waals surface area contributed by atoms with E-state index >= 15 is 0 Å². The molecular formula is C13H19ClN4O. The van der Waals surface area contributed by atoms with Crippen molar-refractivity contribution in [3.63, 3.8) is 0 Å². The van der Waals surface area contributed by atoms with Crippen LogP contribution in [-0.2, 0) is 11.3 Å². The molecule has 0 aromatic carbocycles. The van der Waals surface area contributed by atoms with E-state index < -0.39 is 5.54 Å². The lowest BCUT2D eigenvalue weighted by atomic mass is 9.98. The molecule has 0 spiro atoms. The number of rotatable bonds is 3. The number of pyridine rings is 1. The highest BCUT2D eigenvalue weighted by Crippen LogP contribution is 2.24. The van der Waals surface area contributed by atoms with Crippen molar-refractivity contribution in [3.05, 3.63) is 22.8 Å². The molecule has 1 saturated heterocycles. The molecule has 2 heterocycles. The van der Waals surface area contributed by atoms with Crippen LogP contribution in [0, 0.1) is 0 Å². The van der Waals surface area contributed by atoms with Crippen LogP contribution in [0.15, 0.2) is 12.1 Å². The van der Waals surface area contributed by atoms with Crippen molar-refractivity contribution in [1.82, 2.24) is 15.2 Å². The number of nitrogens with zero attached hydrogens (tertiary/aromatic N) is 2. The van der Waals surface area contributed by atoms with Crippen LogP contribution in [0.3, 0.4) is 0 Å². The third-order valence-corrected chi connectivity index (χ3v) is 3.87. The minimum Gasteiger partial charge on any atom is -0.373 e. The van der Waals surface area contributed by atoms with Crippen LogP contribution in [0.1, 0.15) is 19.5 Å². The van der Waals surface area contributed by atoms with E-state index in [1.807, 2.05) is 33.0 Å². The molecule has 1 aromatic rings. The highest BCUT2D eigenvalue weighted by molar-refractivity contribution is 6.31. The van der Waals surface area contributed by atoms with Gasteiger partial charge in [-0.15, -0.1) is 0 Å². The molecule has 5 nitrogen and oxygen atoms in total. The van der Waals surface area contributed by atoms with Gasteiger partial charge < -0.3 is 10.6 Å². The van der Waals surface area contributed by atoms with Gasteiger partial charge in [-0.3, -0.25) is 9.69 Å². The zero-order chi connectivity index (χ0) is 14.0. The van der Waals surface area contributed by atoms with Crippen molar-refractivity contribution in [2.24, 2.45) is 0 Å². The molecule has 0 atom stereocenters. The fourth-order valence-electron chi connectivity index (χ4n) is 2.14. The third kappa shape index (κ3) is 2.82. The number of nitrogens with one attached hydrogen (secondary N) is 2. The smallest absolute Gasteiger partial charge is 0.240 e. The van der Waals surface area contributed by atoms with Gasteiger partial charge in [-0.25, -0.2) is 4.98 Å². The van der Waals surface area contributed by atoms with Crippen molar-refractivity contribution >= 4 is 23.3 Å². The summed E-state index contributed by atoms with van der Waals surface area (Å²) in [5.74, 6) is 0.818. The second-order valence-electron chi connectivity index (χ2n) is 5.11. The normalized spacial score (nSPS) is 19.1. The van der Waals surface area contributed by atoms with E-state index in [2.05, 4.69) is 20.5 Å². The molecule has 1 fully saturated rings. The number of amides is 1. The summed E-state index contributed by atoms with van der Waals surface area (Å²) in [6, 6.07) is 3.66. The fourth-order valence-corrected chi connectivity index (χ4v) is 2.30. The van der Waals surface area contributed by atoms with Crippen LogP contribution < -0.4 is 10.6 Å². The summed E-state index contributed by atoms with van der Waals surface area (Å²) in [6.45, 7) is 5.84. The Hall–Kier alpha value is -1.33. The van der Waals surface area contributed by atoms with Gasteiger partial charge >= 0.3 is 0 Å². The maximum absolute atomic E-state index is 11.9. The lowest BCUT2D eigenvalue weighted by molar-refractivity contribution is -0.135. The number of carbonyl (C=O) groups excluding carboxylic acids is 1. The molecule has 1 aromatic heterocycles. The highest BCUT2D eigenvalue weighted by atomic mass is 35.5. The summed E-state index contributed by atoms with van der Waals surface area (Å²) >= 11 is 6.18. The highest BCUT2D eigenvalue weighted by Gasteiger charge is 2.37. The first-order valence-electron chi connectivity index (χ1n) is 6.31. The average molecular weight is 283 g/mol. The molecule has 2 rings (SSSR count). The molecule has 1 aliphatic rings. The van der Waals surface area contributed by atoms with Gasteiger partial charge in [0.15, 0.2) is 0 Å². The Morgan fingerprint density at radius 2 is 2.26 bits per heavy atom. The van der Waals surface area contributed by atoms with E-state index in [-0.39, 0.29) is 5.91 Å². The summed E-state index contributed by atoms with van der Waals surface area (Å²) in [5, 5.41) is 6.50. The molecule has 6 heteroatoms. The Bertz CT molecular complexity index is 490. The first kappa shape index (κ1) is 14.1. The van der Waals surface area contributed by atoms with Crippen LogP contribution in [0.25, 0.3) is 0 Å². The van der Waals surface area contributed by atoms with E-state index in [1.165, 1.54) is 0 Å². The quantitative estimate of drug-likeness (QED) is 0.882. The Morgan fingerprint density at radius 1 is 1.53 bits per heavy atom. The van der Waals surface area contributed by atoms with Gasteiger partial charge in [0, 0.05) is 26.7 Å². The molecule has 0 radical (unpaired) electrons. The zero-order valence-electron chi connectivity index (χ0n) is 11.5. The van der Waals surface area contributed by atoms with Gasteiger partial charge in [0.2, 0.25) is 5.91 Å². The number of aromatic nitrogens is 1. The molecule has 2 N–H and O–H groups in total. The summed E-state index contributed by atoms with van der Waals surface area (Å²) < 4.78 is 0. The molecule has 0 bridgehead atoms. The van der Waals surface area contributed by atoms with Crippen molar-refractivity contribution in [2.75, 3.05) is 25.5 Å².